The van der Waals surface area contributed by atoms with E-state index >= 15 is 0 Å². The number of fused-ring (bicyclic) bond motifs is 1. The molecule has 1 aromatic heterocycles. The van der Waals surface area contributed by atoms with Crippen molar-refractivity contribution in [3.05, 3.63) is 35.6 Å². The lowest BCUT2D eigenvalue weighted by Crippen LogP contribution is -2.39. The average Bonchev–Trinajstić information content (AvgIpc) is 2.82. The average molecular weight is 318 g/mol. The third kappa shape index (κ3) is 4.12. The zero-order valence-corrected chi connectivity index (χ0v) is 14.5. The van der Waals surface area contributed by atoms with E-state index in [0.717, 1.165) is 10.9 Å². The van der Waals surface area contributed by atoms with E-state index in [4.69, 9.17) is 4.42 Å². The van der Waals surface area contributed by atoms with Crippen LogP contribution in [0.25, 0.3) is 11.0 Å². The van der Waals surface area contributed by atoms with Gasteiger partial charge in [0, 0.05) is 24.0 Å². The van der Waals surface area contributed by atoms with E-state index < -0.39 is 6.10 Å². The van der Waals surface area contributed by atoms with Gasteiger partial charge in [-0.1, -0.05) is 39.0 Å². The summed E-state index contributed by atoms with van der Waals surface area (Å²) in [5.41, 5.74) is 1.28. The molecule has 1 heterocycles. The summed E-state index contributed by atoms with van der Waals surface area (Å²) in [6, 6.07) is 7.63. The fourth-order valence-corrected chi connectivity index (χ4v) is 2.33. The first-order valence-electron chi connectivity index (χ1n) is 7.81. The highest BCUT2D eigenvalue weighted by Crippen LogP contribution is 2.27. The van der Waals surface area contributed by atoms with Gasteiger partial charge < -0.3 is 19.7 Å². The number of nitrogens with one attached hydrogen (secondary N) is 1. The first kappa shape index (κ1) is 17.5. The van der Waals surface area contributed by atoms with Crippen LogP contribution in [-0.2, 0) is 6.54 Å². The Hall–Kier alpha value is -1.85. The molecular weight excluding hydrogens is 292 g/mol. The Morgan fingerprint density at radius 2 is 1.96 bits per heavy atom. The second-order valence-corrected chi connectivity index (χ2v) is 7.24. The predicted molar refractivity (Wildman–Crippen MR) is 91.4 cm³/mol. The van der Waals surface area contributed by atoms with Gasteiger partial charge in [-0.2, -0.15) is 0 Å². The molecular formula is C18H26N2O3. The number of hydrogen-bond acceptors (Lipinski definition) is 4. The molecule has 1 unspecified atom stereocenters. The number of aliphatic hydroxyl groups excluding tert-OH is 1. The lowest BCUT2D eigenvalue weighted by atomic mass is 9.89. The number of carbonyl (C=O) groups is 1. The van der Waals surface area contributed by atoms with E-state index in [1.165, 1.54) is 0 Å². The Balaban J connectivity index is 2.25. The van der Waals surface area contributed by atoms with Crippen LogP contribution in [0.5, 0.6) is 0 Å². The second-order valence-electron chi connectivity index (χ2n) is 7.24. The molecule has 1 amide bonds. The van der Waals surface area contributed by atoms with Crippen molar-refractivity contribution < 1.29 is 14.3 Å². The molecule has 0 aliphatic carbocycles. The van der Waals surface area contributed by atoms with Crippen LogP contribution < -0.4 is 5.32 Å². The first-order chi connectivity index (χ1) is 10.7. The minimum Gasteiger partial charge on any atom is -0.451 e. The summed E-state index contributed by atoms with van der Waals surface area (Å²) in [5.74, 6) is 0.0300. The Morgan fingerprint density at radius 3 is 2.57 bits per heavy atom. The minimum atomic E-state index is -0.617. The molecule has 2 aromatic rings. The highest BCUT2D eigenvalue weighted by atomic mass is 16.3. The Kier molecular flexibility index (Phi) is 5.12. The third-order valence-corrected chi connectivity index (χ3v) is 3.83. The van der Waals surface area contributed by atoms with Crippen molar-refractivity contribution in [2.24, 2.45) is 5.41 Å². The molecule has 2 N–H and O–H groups in total. The molecule has 2 rings (SSSR count). The molecule has 0 aliphatic rings. The largest absolute Gasteiger partial charge is 0.451 e. The van der Waals surface area contributed by atoms with Gasteiger partial charge >= 0.3 is 0 Å². The van der Waals surface area contributed by atoms with E-state index in [2.05, 4.69) is 5.32 Å². The molecule has 0 saturated heterocycles. The summed E-state index contributed by atoms with van der Waals surface area (Å²) < 4.78 is 5.76. The van der Waals surface area contributed by atoms with Gasteiger partial charge in [-0.25, -0.2) is 0 Å². The smallest absolute Gasteiger partial charge is 0.287 e. The van der Waals surface area contributed by atoms with Crippen molar-refractivity contribution in [3.63, 3.8) is 0 Å². The topological polar surface area (TPSA) is 65.7 Å². The molecule has 5 nitrogen and oxygen atoms in total. The maximum absolute atomic E-state index is 12.5. The SMILES string of the molecule is CN(C)Cc1c(C(=O)NCC(O)C(C)(C)C)oc2ccccc12. The number of hydrogen-bond donors (Lipinski definition) is 2. The molecule has 1 aromatic carbocycles. The van der Waals surface area contributed by atoms with Gasteiger partial charge in [-0.15, -0.1) is 0 Å². The van der Waals surface area contributed by atoms with E-state index in [0.29, 0.717) is 17.9 Å². The van der Waals surface area contributed by atoms with Crippen LogP contribution >= 0.6 is 0 Å². The van der Waals surface area contributed by atoms with E-state index in [1.807, 2.05) is 64.0 Å². The van der Waals surface area contributed by atoms with E-state index in [9.17, 15) is 9.90 Å². The molecule has 0 spiro atoms. The highest BCUT2D eigenvalue weighted by Gasteiger charge is 2.25. The molecule has 1 atom stereocenters. The van der Waals surface area contributed by atoms with Crippen LogP contribution in [-0.4, -0.2) is 42.7 Å². The van der Waals surface area contributed by atoms with Crippen molar-refractivity contribution in [2.75, 3.05) is 20.6 Å². The number of aliphatic hydroxyl groups is 1. The van der Waals surface area contributed by atoms with Crippen LogP contribution in [0.2, 0.25) is 0 Å². The standard InChI is InChI=1S/C18H26N2O3/c1-18(2,3)15(21)10-19-17(22)16-13(11-20(4)5)12-8-6-7-9-14(12)23-16/h6-9,15,21H,10-11H2,1-5H3,(H,19,22). The van der Waals surface area contributed by atoms with Crippen molar-refractivity contribution in [2.45, 2.75) is 33.4 Å². The fourth-order valence-electron chi connectivity index (χ4n) is 2.33. The zero-order valence-electron chi connectivity index (χ0n) is 14.5. The van der Waals surface area contributed by atoms with Gasteiger partial charge in [-0.05, 0) is 25.6 Å². The lowest BCUT2D eigenvalue weighted by Gasteiger charge is -2.25. The van der Waals surface area contributed by atoms with Crippen molar-refractivity contribution in [3.8, 4) is 0 Å². The third-order valence-electron chi connectivity index (χ3n) is 3.83. The number of para-hydroxylation sites is 1. The Bertz CT molecular complexity index is 683. The maximum Gasteiger partial charge on any atom is 0.287 e. The summed E-state index contributed by atoms with van der Waals surface area (Å²) in [5, 5.41) is 13.8. The number of nitrogens with zero attached hydrogens (tertiary/aromatic N) is 1. The summed E-state index contributed by atoms with van der Waals surface area (Å²) in [7, 11) is 3.90. The number of benzene rings is 1. The van der Waals surface area contributed by atoms with E-state index in [1.54, 1.807) is 0 Å². The Morgan fingerprint density at radius 1 is 1.30 bits per heavy atom. The minimum absolute atomic E-state index is 0.195. The maximum atomic E-state index is 12.5. The number of amides is 1. The summed E-state index contributed by atoms with van der Waals surface area (Å²) in [6.45, 7) is 6.61. The monoisotopic (exact) mass is 318 g/mol. The summed E-state index contributed by atoms with van der Waals surface area (Å²) in [4.78, 5) is 14.5. The lowest BCUT2D eigenvalue weighted by molar-refractivity contribution is 0.0579. The van der Waals surface area contributed by atoms with Crippen molar-refractivity contribution >= 4 is 16.9 Å². The van der Waals surface area contributed by atoms with Gasteiger partial charge in [0.05, 0.1) is 6.10 Å². The molecule has 5 heteroatoms. The van der Waals surface area contributed by atoms with Crippen LogP contribution in [0.15, 0.2) is 28.7 Å². The zero-order chi connectivity index (χ0) is 17.2. The number of carbonyl (C=O) groups excluding carboxylic acids is 1. The second kappa shape index (κ2) is 6.72. The molecule has 0 bridgehead atoms. The van der Waals surface area contributed by atoms with Gasteiger partial charge in [0.25, 0.3) is 5.91 Å². The molecule has 0 fully saturated rings. The van der Waals surface area contributed by atoms with Crippen LogP contribution in [0.4, 0.5) is 0 Å². The van der Waals surface area contributed by atoms with Crippen LogP contribution in [0.1, 0.15) is 36.9 Å². The van der Waals surface area contributed by atoms with Gasteiger partial charge in [0.15, 0.2) is 5.76 Å². The molecule has 23 heavy (non-hydrogen) atoms. The highest BCUT2D eigenvalue weighted by molar-refractivity contribution is 5.99. The fraction of sp³-hybridized carbons (Fsp3) is 0.500. The molecule has 0 radical (unpaired) electrons. The number of furan rings is 1. The summed E-state index contributed by atoms with van der Waals surface area (Å²) in [6.07, 6.45) is -0.617. The Labute approximate surface area is 137 Å². The number of rotatable bonds is 5. The molecule has 0 aliphatic heterocycles. The van der Waals surface area contributed by atoms with Gasteiger partial charge in [0.1, 0.15) is 5.58 Å². The van der Waals surface area contributed by atoms with Crippen molar-refractivity contribution in [1.82, 2.24) is 10.2 Å². The quantitative estimate of drug-likeness (QED) is 0.889. The molecule has 126 valence electrons. The predicted octanol–water partition coefficient (Wildman–Crippen LogP) is 2.63. The van der Waals surface area contributed by atoms with Crippen LogP contribution in [0, 0.1) is 5.41 Å². The van der Waals surface area contributed by atoms with E-state index in [-0.39, 0.29) is 17.9 Å². The van der Waals surface area contributed by atoms with Gasteiger partial charge in [0.2, 0.25) is 0 Å². The normalized spacial score (nSPS) is 13.5. The van der Waals surface area contributed by atoms with Crippen molar-refractivity contribution in [1.29, 1.82) is 0 Å². The van der Waals surface area contributed by atoms with Crippen LogP contribution in [0.3, 0.4) is 0 Å². The molecule has 0 saturated carbocycles. The first-order valence-corrected chi connectivity index (χ1v) is 7.81. The van der Waals surface area contributed by atoms with Gasteiger partial charge in [-0.3, -0.25) is 4.79 Å². The summed E-state index contributed by atoms with van der Waals surface area (Å²) >= 11 is 0.